The third kappa shape index (κ3) is 7.41. The number of benzene rings is 1. The van der Waals surface area contributed by atoms with Crippen molar-refractivity contribution in [3.63, 3.8) is 0 Å². The molecule has 0 aromatic heterocycles. The SMILES string of the molecule is CCCCCCCCNc1ccccc1SC(F)F. The van der Waals surface area contributed by atoms with Crippen molar-refractivity contribution < 1.29 is 8.78 Å². The van der Waals surface area contributed by atoms with Gasteiger partial charge in [-0.2, -0.15) is 8.78 Å². The van der Waals surface area contributed by atoms with Crippen molar-refractivity contribution in [3.8, 4) is 0 Å². The average molecular weight is 287 g/mol. The van der Waals surface area contributed by atoms with E-state index in [1.54, 1.807) is 12.1 Å². The predicted molar refractivity (Wildman–Crippen MR) is 80.2 cm³/mol. The number of hydrogen-bond donors (Lipinski definition) is 1. The lowest BCUT2D eigenvalue weighted by Gasteiger charge is -2.11. The van der Waals surface area contributed by atoms with Gasteiger partial charge >= 0.3 is 0 Å². The van der Waals surface area contributed by atoms with Gasteiger partial charge in [0.25, 0.3) is 5.76 Å². The molecule has 0 spiro atoms. The molecule has 1 rings (SSSR count). The molecule has 0 radical (unpaired) electrons. The molecule has 108 valence electrons. The summed E-state index contributed by atoms with van der Waals surface area (Å²) in [7, 11) is 0. The van der Waals surface area contributed by atoms with E-state index in [4.69, 9.17) is 0 Å². The Bertz CT molecular complexity index is 345. The molecule has 0 heterocycles. The summed E-state index contributed by atoms with van der Waals surface area (Å²) in [6.45, 7) is 3.06. The van der Waals surface area contributed by atoms with Gasteiger partial charge < -0.3 is 5.32 Å². The molecule has 0 aliphatic carbocycles. The van der Waals surface area contributed by atoms with Crippen LogP contribution in [0.3, 0.4) is 0 Å². The Morgan fingerprint density at radius 2 is 1.74 bits per heavy atom. The molecule has 1 aromatic rings. The summed E-state index contributed by atoms with van der Waals surface area (Å²) in [5.74, 6) is -2.36. The third-order valence-corrected chi connectivity index (χ3v) is 3.74. The summed E-state index contributed by atoms with van der Waals surface area (Å²) in [6.07, 6.45) is 7.43. The van der Waals surface area contributed by atoms with E-state index >= 15 is 0 Å². The van der Waals surface area contributed by atoms with Gasteiger partial charge in [0.05, 0.1) is 0 Å². The molecule has 0 unspecified atom stereocenters. The Kier molecular flexibility index (Phi) is 8.63. The van der Waals surface area contributed by atoms with Crippen molar-refractivity contribution in [2.75, 3.05) is 11.9 Å². The Labute approximate surface area is 119 Å². The largest absolute Gasteiger partial charge is 0.384 e. The normalized spacial score (nSPS) is 10.9. The van der Waals surface area contributed by atoms with Gasteiger partial charge in [0.15, 0.2) is 0 Å². The van der Waals surface area contributed by atoms with E-state index in [1.165, 1.54) is 32.1 Å². The summed E-state index contributed by atoms with van der Waals surface area (Å²) < 4.78 is 24.8. The van der Waals surface area contributed by atoms with E-state index in [1.807, 2.05) is 12.1 Å². The molecular formula is C15H23F2NS. The van der Waals surface area contributed by atoms with E-state index < -0.39 is 5.76 Å². The third-order valence-electron chi connectivity index (χ3n) is 2.95. The van der Waals surface area contributed by atoms with Crippen molar-refractivity contribution in [2.45, 2.75) is 56.1 Å². The second-order valence-corrected chi connectivity index (χ2v) is 5.60. The fourth-order valence-corrected chi connectivity index (χ4v) is 2.56. The number of para-hydroxylation sites is 1. The first-order valence-electron chi connectivity index (χ1n) is 7.01. The van der Waals surface area contributed by atoms with Crippen LogP contribution in [0.25, 0.3) is 0 Å². The minimum Gasteiger partial charge on any atom is -0.384 e. The van der Waals surface area contributed by atoms with Gasteiger partial charge in [-0.1, -0.05) is 62.9 Å². The van der Waals surface area contributed by atoms with Crippen LogP contribution in [-0.4, -0.2) is 12.3 Å². The summed E-state index contributed by atoms with van der Waals surface area (Å²) in [5, 5.41) is 3.26. The minimum atomic E-state index is -2.36. The van der Waals surface area contributed by atoms with Crippen LogP contribution in [0.1, 0.15) is 45.4 Å². The maximum atomic E-state index is 12.4. The highest BCUT2D eigenvalue weighted by atomic mass is 32.2. The van der Waals surface area contributed by atoms with Gasteiger partial charge in [-0.25, -0.2) is 0 Å². The van der Waals surface area contributed by atoms with E-state index in [-0.39, 0.29) is 0 Å². The van der Waals surface area contributed by atoms with Crippen LogP contribution in [0.15, 0.2) is 29.2 Å². The number of unbranched alkanes of at least 4 members (excludes halogenated alkanes) is 5. The van der Waals surface area contributed by atoms with Crippen molar-refractivity contribution in [2.24, 2.45) is 0 Å². The van der Waals surface area contributed by atoms with Gasteiger partial charge in [-0.3, -0.25) is 0 Å². The molecule has 1 aromatic carbocycles. The molecular weight excluding hydrogens is 264 g/mol. The molecule has 0 saturated heterocycles. The molecule has 19 heavy (non-hydrogen) atoms. The molecule has 0 saturated carbocycles. The molecule has 0 aliphatic rings. The summed E-state index contributed by atoms with van der Waals surface area (Å²) in [6, 6.07) is 7.27. The Hall–Kier alpha value is -0.770. The van der Waals surface area contributed by atoms with Crippen LogP contribution in [0, 0.1) is 0 Å². The summed E-state index contributed by atoms with van der Waals surface area (Å²) in [5.41, 5.74) is 0.821. The van der Waals surface area contributed by atoms with Crippen molar-refractivity contribution >= 4 is 17.4 Å². The smallest absolute Gasteiger partial charge is 0.288 e. The van der Waals surface area contributed by atoms with Gasteiger partial charge in [0, 0.05) is 17.1 Å². The lowest BCUT2D eigenvalue weighted by atomic mass is 10.1. The first-order valence-corrected chi connectivity index (χ1v) is 7.89. The standard InChI is InChI=1S/C15H23F2NS/c1-2-3-4-5-6-9-12-18-13-10-7-8-11-14(13)19-15(16)17/h7-8,10-11,15,18H,2-6,9,12H2,1H3. The van der Waals surface area contributed by atoms with Crippen LogP contribution in [0.2, 0.25) is 0 Å². The fraction of sp³-hybridized carbons (Fsp3) is 0.600. The number of alkyl halides is 2. The lowest BCUT2D eigenvalue weighted by molar-refractivity contribution is 0.252. The van der Waals surface area contributed by atoms with E-state index in [2.05, 4.69) is 12.2 Å². The van der Waals surface area contributed by atoms with E-state index in [0.29, 0.717) is 16.7 Å². The number of hydrogen-bond acceptors (Lipinski definition) is 2. The monoisotopic (exact) mass is 287 g/mol. The van der Waals surface area contributed by atoms with Crippen LogP contribution in [0.4, 0.5) is 14.5 Å². The van der Waals surface area contributed by atoms with Gasteiger partial charge in [0.2, 0.25) is 0 Å². The molecule has 0 fully saturated rings. The van der Waals surface area contributed by atoms with E-state index in [9.17, 15) is 8.78 Å². The molecule has 1 nitrogen and oxygen atoms in total. The summed E-state index contributed by atoms with van der Waals surface area (Å²) in [4.78, 5) is 0.628. The topological polar surface area (TPSA) is 12.0 Å². The molecule has 0 aliphatic heterocycles. The second kappa shape index (κ2) is 10.1. The van der Waals surface area contributed by atoms with Gasteiger partial charge in [0.1, 0.15) is 0 Å². The zero-order valence-electron chi connectivity index (χ0n) is 11.5. The van der Waals surface area contributed by atoms with Crippen molar-refractivity contribution in [3.05, 3.63) is 24.3 Å². The Morgan fingerprint density at radius 1 is 1.05 bits per heavy atom. The van der Waals surface area contributed by atoms with E-state index in [0.717, 1.165) is 18.7 Å². The zero-order chi connectivity index (χ0) is 13.9. The van der Waals surface area contributed by atoms with Crippen LogP contribution in [0.5, 0.6) is 0 Å². The molecule has 4 heteroatoms. The maximum Gasteiger partial charge on any atom is 0.288 e. The van der Waals surface area contributed by atoms with Crippen LogP contribution < -0.4 is 5.32 Å². The average Bonchev–Trinajstić information content (AvgIpc) is 2.39. The van der Waals surface area contributed by atoms with Crippen molar-refractivity contribution in [1.82, 2.24) is 0 Å². The molecule has 1 N–H and O–H groups in total. The minimum absolute atomic E-state index is 0.604. The number of anilines is 1. The maximum absolute atomic E-state index is 12.4. The van der Waals surface area contributed by atoms with Crippen LogP contribution in [-0.2, 0) is 0 Å². The quantitative estimate of drug-likeness (QED) is 0.433. The van der Waals surface area contributed by atoms with Crippen molar-refractivity contribution in [1.29, 1.82) is 0 Å². The zero-order valence-corrected chi connectivity index (χ0v) is 12.3. The fourth-order valence-electron chi connectivity index (χ4n) is 1.94. The number of thioether (sulfide) groups is 1. The van der Waals surface area contributed by atoms with Gasteiger partial charge in [-0.15, -0.1) is 0 Å². The predicted octanol–water partition coefficient (Wildman–Crippen LogP) is 5.77. The Morgan fingerprint density at radius 3 is 2.47 bits per heavy atom. The number of nitrogens with one attached hydrogen (secondary N) is 1. The Balaban J connectivity index is 2.25. The van der Waals surface area contributed by atoms with Gasteiger partial charge in [-0.05, 0) is 18.6 Å². The molecule has 0 bridgehead atoms. The second-order valence-electron chi connectivity index (χ2n) is 4.57. The summed E-state index contributed by atoms with van der Waals surface area (Å²) >= 11 is 0.604. The lowest BCUT2D eigenvalue weighted by Crippen LogP contribution is -2.02. The van der Waals surface area contributed by atoms with Crippen LogP contribution >= 0.6 is 11.8 Å². The number of rotatable bonds is 10. The highest BCUT2D eigenvalue weighted by Crippen LogP contribution is 2.31. The molecule has 0 amide bonds. The first kappa shape index (κ1) is 16.3. The highest BCUT2D eigenvalue weighted by molar-refractivity contribution is 7.99. The number of halogens is 2. The molecule has 0 atom stereocenters. The first-order chi connectivity index (χ1) is 9.24. The highest BCUT2D eigenvalue weighted by Gasteiger charge is 2.08.